The monoisotopic (exact) mass is 783 g/mol. The molecule has 0 aliphatic carbocycles. The zero-order valence-corrected chi connectivity index (χ0v) is 33.1. The summed E-state index contributed by atoms with van der Waals surface area (Å²) in [4.78, 5) is 0. The number of ether oxygens (including phenoxy) is 1. The van der Waals surface area contributed by atoms with Crippen molar-refractivity contribution >= 4 is 84.6 Å². The molecular weight excluding hydrogens is 719 g/mol. The SMILES string of the molecule is COC.CS(C)(=O)=O.CS(C)=N.CS(C)=O.CSC.C[Se](C)(=O)=O.C[Se](C)=O.C[Se]C.[3H]C([3H])(C)C. The predicted molar refractivity (Wildman–Crippen MR) is 166 cm³/mol. The smallest absolute Gasteiger partial charge is 0.0261 e. The molecule has 0 aliphatic rings. The van der Waals surface area contributed by atoms with Crippen molar-refractivity contribution < 1.29 is 31.6 Å². The fourth-order valence-corrected chi connectivity index (χ4v) is 0. The Morgan fingerprint density at radius 2 is 1.03 bits per heavy atom. The molecule has 0 heterocycles. The summed E-state index contributed by atoms with van der Waals surface area (Å²) in [5.41, 5.74) is 0. The molecule has 0 atom stereocenters. The average Bonchev–Trinajstić information content (AvgIpc) is 2.41. The topological polar surface area (TPSA) is 135 Å². The maximum Gasteiger partial charge on any atom is 0.0261 e. The molecular formula is C19H57NO7S4Se3. The quantitative estimate of drug-likeness (QED) is 0.342. The molecule has 8 nitrogen and oxygen atoms in total. The van der Waals surface area contributed by atoms with Crippen LogP contribution in [0.1, 0.15) is 23.0 Å². The van der Waals surface area contributed by atoms with E-state index in [2.05, 4.69) is 16.4 Å². The minimum Gasteiger partial charge on any atom is -0.0656 e. The first kappa shape index (κ1) is 52.0. The van der Waals surface area contributed by atoms with Crippen LogP contribution in [0.25, 0.3) is 0 Å². The van der Waals surface area contributed by atoms with Gasteiger partial charge in [0.1, 0.15) is 9.84 Å². The molecule has 0 unspecified atom stereocenters. The van der Waals surface area contributed by atoms with Gasteiger partial charge < -0.3 is 4.74 Å². The number of hydrogen-bond donors (Lipinski definition) is 1. The molecule has 1 N–H and O–H groups in total. The molecule has 0 bridgehead atoms. The molecule has 0 aromatic carbocycles. The van der Waals surface area contributed by atoms with Gasteiger partial charge in [-0.25, -0.2) is 8.42 Å². The summed E-state index contributed by atoms with van der Waals surface area (Å²) in [6, 6.07) is 0. The van der Waals surface area contributed by atoms with Gasteiger partial charge in [0, 0.05) is 52.8 Å². The van der Waals surface area contributed by atoms with Gasteiger partial charge in [-0.2, -0.15) is 11.8 Å². The molecule has 222 valence electrons. The minimum absolute atomic E-state index is 0.111. The number of nitrogens with one attached hydrogen (secondary N) is 1. The Hall–Kier alpha value is 1.52. The molecule has 0 saturated heterocycles. The van der Waals surface area contributed by atoms with Crippen LogP contribution in [0.3, 0.4) is 0 Å². The summed E-state index contributed by atoms with van der Waals surface area (Å²) in [5.74, 6) is 10.3. The molecule has 0 saturated carbocycles. The van der Waals surface area contributed by atoms with Gasteiger partial charge in [-0.05, 0) is 25.0 Å². The van der Waals surface area contributed by atoms with Crippen molar-refractivity contribution in [2.75, 3.05) is 64.3 Å². The van der Waals surface area contributed by atoms with Gasteiger partial charge in [-0.15, -0.1) is 10.7 Å². The zero-order valence-electron chi connectivity index (χ0n) is 26.7. The van der Waals surface area contributed by atoms with Gasteiger partial charge >= 0.3 is 87.9 Å². The molecule has 0 radical (unpaired) electrons. The van der Waals surface area contributed by atoms with Crippen LogP contribution in [0, 0.1) is 4.78 Å². The van der Waals surface area contributed by atoms with E-state index in [0.717, 1.165) is 27.5 Å². The fourth-order valence-electron chi connectivity index (χ4n) is 0. The maximum absolute atomic E-state index is 9.70. The summed E-state index contributed by atoms with van der Waals surface area (Å²) in [6.07, 6.45) is 12.4. The Morgan fingerprint density at radius 1 is 1.03 bits per heavy atom. The van der Waals surface area contributed by atoms with Crippen molar-refractivity contribution in [3.8, 4) is 0 Å². The number of methoxy groups -OCH3 is 1. The van der Waals surface area contributed by atoms with Crippen LogP contribution in [0.4, 0.5) is 0 Å². The number of thioether (sulfide) groups is 1. The molecule has 0 aromatic rings. The van der Waals surface area contributed by atoms with E-state index in [9.17, 15) is 24.1 Å². The number of sulfone groups is 1. The van der Waals surface area contributed by atoms with Crippen molar-refractivity contribution in [2.45, 2.75) is 55.2 Å². The molecule has 0 spiro atoms. The van der Waals surface area contributed by atoms with E-state index >= 15 is 0 Å². The van der Waals surface area contributed by atoms with Gasteiger partial charge in [-0.1, -0.05) is 20.2 Å². The molecule has 0 amide bonds. The van der Waals surface area contributed by atoms with E-state index in [4.69, 9.17) is 7.52 Å². The van der Waals surface area contributed by atoms with E-state index in [-0.39, 0.29) is 10.7 Å². The predicted octanol–water partition coefficient (Wildman–Crippen LogP) is 4.94. The van der Waals surface area contributed by atoms with E-state index in [1.807, 2.05) is 25.0 Å². The van der Waals surface area contributed by atoms with Crippen molar-refractivity contribution in [3.63, 3.8) is 0 Å². The van der Waals surface area contributed by atoms with Crippen LogP contribution in [-0.2, 0) is 47.6 Å². The zero-order chi connectivity index (χ0) is 32.4. The summed E-state index contributed by atoms with van der Waals surface area (Å²) in [6.45, 7) is 3.04. The largest absolute Gasteiger partial charge is 0.0656 e. The van der Waals surface area contributed by atoms with Crippen LogP contribution in [0.15, 0.2) is 0 Å². The van der Waals surface area contributed by atoms with Crippen LogP contribution < -0.4 is 0 Å². The normalized spacial score (nSPS) is 9.91. The molecule has 0 rings (SSSR count). The van der Waals surface area contributed by atoms with Crippen LogP contribution in [0.2, 0.25) is 34.9 Å². The van der Waals surface area contributed by atoms with Crippen molar-refractivity contribution in [3.05, 3.63) is 0 Å². The molecule has 34 heavy (non-hydrogen) atoms. The van der Waals surface area contributed by atoms with Crippen molar-refractivity contribution in [1.82, 2.24) is 0 Å². The second-order valence-corrected chi connectivity index (χ2v) is 22.1. The first-order chi connectivity index (χ1) is 15.4. The van der Waals surface area contributed by atoms with Gasteiger partial charge in [0.05, 0.1) is 0 Å². The van der Waals surface area contributed by atoms with E-state index in [1.165, 1.54) is 25.5 Å². The third kappa shape index (κ3) is 15400. The standard InChI is InChI=1S/C3H8.C2H7NS.C2H6O2S.C2H6O2Se.C2H6OS.C2H6OSe.C2H6O.C2H6S.C2H6Se/c1-3-2;1-4(2)3;2*1-5(2,3)4;2*1-4(2)3;3*1-3-2/h3H2,1-2H3;3H,1-2H3;2*1-2H3;2*1-2H3;3*1-2H3/i3T2;;;;;;;;. The number of rotatable bonds is 0. The first-order valence-electron chi connectivity index (χ1n) is 9.74. The summed E-state index contributed by atoms with van der Waals surface area (Å²) < 4.78 is 82.0. The summed E-state index contributed by atoms with van der Waals surface area (Å²) >= 11 is -1.92. The molecule has 0 aliphatic heterocycles. The Labute approximate surface area is 238 Å². The molecule has 15 heteroatoms. The fraction of sp³-hybridized carbons (Fsp3) is 1.00. The van der Waals surface area contributed by atoms with Gasteiger partial charge in [0.2, 0.25) is 0 Å². The molecule has 0 aromatic heterocycles. The summed E-state index contributed by atoms with van der Waals surface area (Å²) in [5, 5.41) is 0. The van der Waals surface area contributed by atoms with E-state index in [0.29, 0.717) is 0 Å². The van der Waals surface area contributed by atoms with Crippen molar-refractivity contribution in [1.29, 1.82) is 4.78 Å². The second kappa shape index (κ2) is 55.1. The number of hydrogen-bond acceptors (Lipinski definition) is 9. The Balaban J connectivity index is -0.0000000328. The van der Waals surface area contributed by atoms with Gasteiger partial charge in [-0.3, -0.25) is 8.99 Å². The van der Waals surface area contributed by atoms with Gasteiger partial charge in [0.25, 0.3) is 0 Å². The average molecular weight is 781 g/mol. The second-order valence-electron chi connectivity index (χ2n) is 6.31. The Kier molecular flexibility index (Phi) is 84.4. The van der Waals surface area contributed by atoms with E-state index in [1.54, 1.807) is 50.1 Å². The first-order valence-corrected chi connectivity index (χ1v) is 29.1. The van der Waals surface area contributed by atoms with Crippen LogP contribution in [-0.4, -0.2) is 118 Å². The maximum atomic E-state index is 9.70. The van der Waals surface area contributed by atoms with E-state index < -0.39 is 53.6 Å². The molecule has 0 fully saturated rings. The Morgan fingerprint density at radius 3 is 1.03 bits per heavy atom. The Bertz CT molecular complexity index is 565. The van der Waals surface area contributed by atoms with Crippen LogP contribution in [0.5, 0.6) is 0 Å². The van der Waals surface area contributed by atoms with Gasteiger partial charge in [0.15, 0.2) is 0 Å². The minimum atomic E-state index is -3.25. The third-order valence-electron chi connectivity index (χ3n) is 0. The van der Waals surface area contributed by atoms with Crippen molar-refractivity contribution in [2.24, 2.45) is 0 Å². The summed E-state index contributed by atoms with van der Waals surface area (Å²) in [7, 11) is -0.139. The van der Waals surface area contributed by atoms with Crippen LogP contribution >= 0.6 is 11.8 Å². The third-order valence-corrected chi connectivity index (χ3v) is 0.